The van der Waals surface area contributed by atoms with Gasteiger partial charge in [-0.3, -0.25) is 0 Å². The van der Waals surface area contributed by atoms with Crippen molar-refractivity contribution in [1.29, 1.82) is 0 Å². The van der Waals surface area contributed by atoms with Crippen LogP contribution in [0.5, 0.6) is 0 Å². The largest absolute Gasteiger partial charge is 0.183 e. The van der Waals surface area contributed by atoms with Crippen molar-refractivity contribution in [3.05, 3.63) is 33.7 Å². The number of rotatable bonds is 2. The maximum atomic E-state index is 4.12. The Balaban J connectivity index is 1.86. The van der Waals surface area contributed by atoms with Crippen LogP contribution in [-0.2, 0) is 0 Å². The van der Waals surface area contributed by atoms with Gasteiger partial charge in [0.05, 0.1) is 0 Å². The van der Waals surface area contributed by atoms with Crippen LogP contribution < -0.4 is 0 Å². The van der Waals surface area contributed by atoms with Crippen molar-refractivity contribution < 1.29 is 0 Å². The molecule has 1 aromatic carbocycles. The third kappa shape index (κ3) is 1.92. The number of hydrogen-bond acceptors (Lipinski definition) is 3. The van der Waals surface area contributed by atoms with Gasteiger partial charge in [-0.2, -0.15) is 0 Å². The van der Waals surface area contributed by atoms with E-state index in [1.807, 2.05) is 0 Å². The first kappa shape index (κ1) is 10.4. The van der Waals surface area contributed by atoms with Gasteiger partial charge in [0.25, 0.3) is 0 Å². The second-order valence-electron chi connectivity index (χ2n) is 4.11. The first-order chi connectivity index (χ1) is 7.83. The Hall–Kier alpha value is -0.740. The standard InChI is InChI=1S/C12H11BrN2S/c13-12-15-14-11(16-12)10-6-4-9(5-7-10)8-2-1-3-8/h4-8H,1-3H2. The van der Waals surface area contributed by atoms with E-state index in [1.165, 1.54) is 24.8 Å². The van der Waals surface area contributed by atoms with E-state index in [4.69, 9.17) is 0 Å². The Labute approximate surface area is 107 Å². The maximum absolute atomic E-state index is 4.12. The highest BCUT2D eigenvalue weighted by atomic mass is 79.9. The molecule has 1 saturated carbocycles. The highest BCUT2D eigenvalue weighted by molar-refractivity contribution is 9.11. The molecule has 2 aromatic rings. The third-order valence-corrected chi connectivity index (χ3v) is 4.54. The molecule has 1 aliphatic carbocycles. The smallest absolute Gasteiger partial charge is 0.137 e. The monoisotopic (exact) mass is 294 g/mol. The van der Waals surface area contributed by atoms with Gasteiger partial charge in [0.2, 0.25) is 0 Å². The van der Waals surface area contributed by atoms with Crippen LogP contribution in [0, 0.1) is 0 Å². The quantitative estimate of drug-likeness (QED) is 0.828. The lowest BCUT2D eigenvalue weighted by atomic mass is 9.80. The first-order valence-corrected chi connectivity index (χ1v) is 7.03. The summed E-state index contributed by atoms with van der Waals surface area (Å²) in [5.41, 5.74) is 2.63. The second kappa shape index (κ2) is 4.26. The lowest BCUT2D eigenvalue weighted by molar-refractivity contribution is 0.420. The molecule has 16 heavy (non-hydrogen) atoms. The second-order valence-corrected chi connectivity index (χ2v) is 6.36. The summed E-state index contributed by atoms with van der Waals surface area (Å²) in [5.74, 6) is 0.801. The SMILES string of the molecule is Brc1nnc(-c2ccc(C3CCC3)cc2)s1. The van der Waals surface area contributed by atoms with Gasteiger partial charge in [-0.1, -0.05) is 42.0 Å². The van der Waals surface area contributed by atoms with Gasteiger partial charge in [0.15, 0.2) is 3.92 Å². The van der Waals surface area contributed by atoms with Crippen LogP contribution in [0.1, 0.15) is 30.7 Å². The molecule has 0 spiro atoms. The molecule has 0 radical (unpaired) electrons. The Kier molecular flexibility index (Phi) is 2.77. The highest BCUT2D eigenvalue weighted by Crippen LogP contribution is 2.37. The van der Waals surface area contributed by atoms with Crippen molar-refractivity contribution in [1.82, 2.24) is 10.2 Å². The Bertz CT molecular complexity index is 488. The van der Waals surface area contributed by atoms with E-state index in [0.717, 1.165) is 20.4 Å². The average molecular weight is 295 g/mol. The lowest BCUT2D eigenvalue weighted by Gasteiger charge is -2.25. The zero-order valence-corrected chi connectivity index (χ0v) is 11.1. The molecule has 0 atom stereocenters. The molecule has 1 aliphatic rings. The van der Waals surface area contributed by atoms with Crippen molar-refractivity contribution in [2.75, 3.05) is 0 Å². The van der Waals surface area contributed by atoms with Crippen LogP contribution >= 0.6 is 27.3 Å². The van der Waals surface area contributed by atoms with Crippen molar-refractivity contribution in [2.24, 2.45) is 0 Å². The van der Waals surface area contributed by atoms with Crippen molar-refractivity contribution >= 4 is 27.3 Å². The number of hydrogen-bond donors (Lipinski definition) is 0. The van der Waals surface area contributed by atoms with Gasteiger partial charge in [0.1, 0.15) is 5.01 Å². The van der Waals surface area contributed by atoms with E-state index in [2.05, 4.69) is 50.4 Å². The predicted molar refractivity (Wildman–Crippen MR) is 69.6 cm³/mol. The normalized spacial score (nSPS) is 16.1. The van der Waals surface area contributed by atoms with Crippen LogP contribution in [-0.4, -0.2) is 10.2 Å². The van der Waals surface area contributed by atoms with Crippen LogP contribution in [0.4, 0.5) is 0 Å². The topological polar surface area (TPSA) is 25.8 Å². The van der Waals surface area contributed by atoms with Gasteiger partial charge in [-0.15, -0.1) is 10.2 Å². The summed E-state index contributed by atoms with van der Waals surface area (Å²) in [5, 5.41) is 9.06. The predicted octanol–water partition coefficient (Wildman–Crippen LogP) is 4.24. The zero-order chi connectivity index (χ0) is 11.0. The summed E-state index contributed by atoms with van der Waals surface area (Å²) in [7, 11) is 0. The molecule has 1 aromatic heterocycles. The van der Waals surface area contributed by atoms with Crippen LogP contribution in [0.25, 0.3) is 10.6 Å². The number of aromatic nitrogens is 2. The van der Waals surface area contributed by atoms with E-state index in [-0.39, 0.29) is 0 Å². The highest BCUT2D eigenvalue weighted by Gasteiger charge is 2.19. The van der Waals surface area contributed by atoms with Gasteiger partial charge in [-0.05, 0) is 40.3 Å². The Morgan fingerprint density at radius 1 is 1.12 bits per heavy atom. The minimum atomic E-state index is 0.801. The number of benzene rings is 1. The minimum Gasteiger partial charge on any atom is -0.137 e. The first-order valence-electron chi connectivity index (χ1n) is 5.42. The molecule has 1 fully saturated rings. The number of nitrogens with zero attached hydrogens (tertiary/aromatic N) is 2. The van der Waals surface area contributed by atoms with E-state index in [9.17, 15) is 0 Å². The molecule has 0 saturated heterocycles. The van der Waals surface area contributed by atoms with Gasteiger partial charge >= 0.3 is 0 Å². The third-order valence-electron chi connectivity index (χ3n) is 3.13. The molecule has 2 nitrogen and oxygen atoms in total. The van der Waals surface area contributed by atoms with Crippen molar-refractivity contribution in [3.8, 4) is 10.6 Å². The van der Waals surface area contributed by atoms with E-state index >= 15 is 0 Å². The van der Waals surface area contributed by atoms with Crippen molar-refractivity contribution in [3.63, 3.8) is 0 Å². The molecular weight excluding hydrogens is 284 g/mol. The molecule has 0 N–H and O–H groups in total. The minimum absolute atomic E-state index is 0.801. The summed E-state index contributed by atoms with van der Waals surface area (Å²) >= 11 is 4.90. The molecule has 3 rings (SSSR count). The Morgan fingerprint density at radius 2 is 1.88 bits per heavy atom. The molecule has 0 amide bonds. The molecule has 0 unspecified atom stereocenters. The molecule has 1 heterocycles. The fraction of sp³-hybridized carbons (Fsp3) is 0.333. The zero-order valence-electron chi connectivity index (χ0n) is 8.69. The molecule has 82 valence electrons. The van der Waals surface area contributed by atoms with Crippen LogP contribution in [0.2, 0.25) is 0 Å². The molecule has 0 aliphatic heterocycles. The van der Waals surface area contributed by atoms with Gasteiger partial charge in [-0.25, -0.2) is 0 Å². The molecular formula is C12H11BrN2S. The van der Waals surface area contributed by atoms with E-state index in [0.29, 0.717) is 0 Å². The van der Waals surface area contributed by atoms with Gasteiger partial charge < -0.3 is 0 Å². The van der Waals surface area contributed by atoms with E-state index < -0.39 is 0 Å². The summed E-state index contributed by atoms with van der Waals surface area (Å²) in [6.45, 7) is 0. The fourth-order valence-corrected chi connectivity index (χ4v) is 3.08. The molecule has 0 bridgehead atoms. The maximum Gasteiger partial charge on any atom is 0.183 e. The van der Waals surface area contributed by atoms with Crippen LogP contribution in [0.15, 0.2) is 28.2 Å². The molecule has 4 heteroatoms. The summed E-state index contributed by atoms with van der Waals surface area (Å²) in [4.78, 5) is 0. The Morgan fingerprint density at radius 3 is 2.38 bits per heavy atom. The summed E-state index contributed by atoms with van der Waals surface area (Å²) < 4.78 is 0.838. The summed E-state index contributed by atoms with van der Waals surface area (Å²) in [6.07, 6.45) is 4.09. The summed E-state index contributed by atoms with van der Waals surface area (Å²) in [6, 6.07) is 8.77. The number of halogens is 1. The lowest BCUT2D eigenvalue weighted by Crippen LogP contribution is -2.08. The van der Waals surface area contributed by atoms with Crippen molar-refractivity contribution in [2.45, 2.75) is 25.2 Å². The fourth-order valence-electron chi connectivity index (χ4n) is 1.96. The average Bonchev–Trinajstić information content (AvgIpc) is 2.63. The van der Waals surface area contributed by atoms with Gasteiger partial charge in [0, 0.05) is 5.56 Å². The van der Waals surface area contributed by atoms with Crippen LogP contribution in [0.3, 0.4) is 0 Å². The van der Waals surface area contributed by atoms with E-state index in [1.54, 1.807) is 11.3 Å².